The molecule has 0 atom stereocenters. The summed E-state index contributed by atoms with van der Waals surface area (Å²) in [5.41, 5.74) is 0. The highest BCUT2D eigenvalue weighted by Gasteiger charge is 2.19. The first kappa shape index (κ1) is 34.3. The van der Waals surface area contributed by atoms with Gasteiger partial charge in [-0.2, -0.15) is 0 Å². The summed E-state index contributed by atoms with van der Waals surface area (Å²) in [5, 5.41) is 24.3. The van der Waals surface area contributed by atoms with E-state index in [0.717, 1.165) is 11.0 Å². The van der Waals surface area contributed by atoms with E-state index in [1.54, 1.807) is 0 Å². The number of aliphatic hydroxyl groups excluding tert-OH is 1. The number of nitrogens with zero attached hydrogens (tertiary/aromatic N) is 2. The van der Waals surface area contributed by atoms with E-state index in [2.05, 4.69) is 20.9 Å². The first-order chi connectivity index (χ1) is 15.9. The van der Waals surface area contributed by atoms with Gasteiger partial charge in [0.2, 0.25) is 0 Å². The minimum Gasteiger partial charge on any atom is -0.391 e. The van der Waals surface area contributed by atoms with Crippen molar-refractivity contribution in [2.45, 2.75) is 142 Å². The number of hydrogen-bond acceptors (Lipinski definition) is 4. The van der Waals surface area contributed by atoms with Crippen molar-refractivity contribution in [1.82, 2.24) is 0 Å². The third-order valence-electron chi connectivity index (χ3n) is 6.74. The molecule has 0 aliphatic carbocycles. The second-order valence-electron chi connectivity index (χ2n) is 10.1. The standard InChI is InChI=1S/C27H58NO.NO3/c1-4-6-8-10-12-14-16-18-20-22-24-28(3,26-27-29)25-23-21-19-17-15-13-11-9-7-5-2;2-1(3)4/h29H,4-27H2,1-3H3;/q+1;-1. The van der Waals surface area contributed by atoms with Gasteiger partial charge in [0.05, 0.1) is 31.8 Å². The van der Waals surface area contributed by atoms with Crippen LogP contribution in [0.5, 0.6) is 0 Å². The summed E-state index contributed by atoms with van der Waals surface area (Å²) in [4.78, 5) is 8.25. The minimum atomic E-state index is -1.75. The molecule has 1 N–H and O–H groups in total. The van der Waals surface area contributed by atoms with E-state index in [1.807, 2.05) is 0 Å². The molecule has 0 heterocycles. The van der Waals surface area contributed by atoms with Gasteiger partial charge in [0.25, 0.3) is 0 Å². The highest BCUT2D eigenvalue weighted by atomic mass is 16.9. The maximum atomic E-state index is 9.51. The Morgan fingerprint density at radius 1 is 0.545 bits per heavy atom. The lowest BCUT2D eigenvalue weighted by Crippen LogP contribution is -2.47. The molecule has 0 bridgehead atoms. The zero-order valence-corrected chi connectivity index (χ0v) is 22.5. The van der Waals surface area contributed by atoms with Gasteiger partial charge in [0.1, 0.15) is 6.54 Å². The van der Waals surface area contributed by atoms with Gasteiger partial charge in [-0.05, 0) is 25.7 Å². The second-order valence-corrected chi connectivity index (χ2v) is 10.1. The van der Waals surface area contributed by atoms with Gasteiger partial charge in [0.15, 0.2) is 0 Å². The topological polar surface area (TPSA) is 86.4 Å². The highest BCUT2D eigenvalue weighted by molar-refractivity contribution is 4.51. The smallest absolute Gasteiger partial charge is 0.102 e. The molecule has 0 aliphatic rings. The summed E-state index contributed by atoms with van der Waals surface area (Å²) >= 11 is 0. The second kappa shape index (κ2) is 27.4. The van der Waals surface area contributed by atoms with Crippen molar-refractivity contribution in [3.05, 3.63) is 15.3 Å². The third kappa shape index (κ3) is 31.1. The quantitative estimate of drug-likeness (QED) is 0.0663. The molecular formula is C27H58N2O4. The first-order valence-corrected chi connectivity index (χ1v) is 14.2. The summed E-state index contributed by atoms with van der Waals surface area (Å²) < 4.78 is 1.09. The molecule has 0 amide bonds. The predicted molar refractivity (Wildman–Crippen MR) is 142 cm³/mol. The average molecular weight is 475 g/mol. The fraction of sp³-hybridized carbons (Fsp3) is 1.00. The summed E-state index contributed by atoms with van der Waals surface area (Å²) in [6, 6.07) is 0. The van der Waals surface area contributed by atoms with Crippen LogP contribution >= 0.6 is 0 Å². The fourth-order valence-corrected chi connectivity index (χ4v) is 4.54. The Bertz CT molecular complexity index is 366. The zero-order valence-electron chi connectivity index (χ0n) is 22.5. The minimum absolute atomic E-state index is 0.339. The Morgan fingerprint density at radius 2 is 0.788 bits per heavy atom. The van der Waals surface area contributed by atoms with Crippen LogP contribution in [0.25, 0.3) is 0 Å². The van der Waals surface area contributed by atoms with Crippen molar-refractivity contribution in [1.29, 1.82) is 0 Å². The van der Waals surface area contributed by atoms with Gasteiger partial charge < -0.3 is 24.9 Å². The van der Waals surface area contributed by atoms with E-state index in [0.29, 0.717) is 6.61 Å². The lowest BCUT2D eigenvalue weighted by molar-refractivity contribution is -0.910. The Kier molecular flexibility index (Phi) is 28.4. The van der Waals surface area contributed by atoms with E-state index in [9.17, 15) is 5.11 Å². The molecule has 33 heavy (non-hydrogen) atoms. The van der Waals surface area contributed by atoms with Crippen molar-refractivity contribution in [3.63, 3.8) is 0 Å². The lowest BCUT2D eigenvalue weighted by atomic mass is 10.1. The molecule has 0 aromatic carbocycles. The number of unbranched alkanes of at least 4 members (excludes halogenated alkanes) is 18. The maximum absolute atomic E-state index is 9.51. The van der Waals surface area contributed by atoms with Gasteiger partial charge in [-0.3, -0.25) is 0 Å². The van der Waals surface area contributed by atoms with Crippen molar-refractivity contribution in [3.8, 4) is 0 Å². The normalized spacial score (nSPS) is 11.3. The summed E-state index contributed by atoms with van der Waals surface area (Å²) in [5.74, 6) is 0. The van der Waals surface area contributed by atoms with Crippen molar-refractivity contribution in [2.75, 3.05) is 33.3 Å². The number of hydrogen-bond donors (Lipinski definition) is 1. The number of quaternary nitrogens is 1. The molecule has 0 aromatic heterocycles. The molecule has 0 saturated heterocycles. The number of aliphatic hydroxyl groups is 1. The zero-order chi connectivity index (χ0) is 25.0. The predicted octanol–water partition coefficient (Wildman–Crippen LogP) is 8.03. The monoisotopic (exact) mass is 474 g/mol. The Labute approximate surface area is 205 Å². The molecular weight excluding hydrogens is 416 g/mol. The van der Waals surface area contributed by atoms with E-state index in [1.165, 1.54) is 142 Å². The van der Waals surface area contributed by atoms with Gasteiger partial charge in [-0.25, -0.2) is 0 Å². The number of likely N-dealkylation sites (N-methyl/N-ethyl adjacent to an activating group) is 1. The van der Waals surface area contributed by atoms with Crippen LogP contribution < -0.4 is 0 Å². The van der Waals surface area contributed by atoms with Crippen LogP contribution in [0.15, 0.2) is 0 Å². The molecule has 6 nitrogen and oxygen atoms in total. The van der Waals surface area contributed by atoms with Crippen LogP contribution in [0.4, 0.5) is 0 Å². The van der Waals surface area contributed by atoms with Crippen LogP contribution in [0.3, 0.4) is 0 Å². The van der Waals surface area contributed by atoms with E-state index in [4.69, 9.17) is 15.3 Å². The third-order valence-corrected chi connectivity index (χ3v) is 6.74. The van der Waals surface area contributed by atoms with E-state index < -0.39 is 5.09 Å². The fourth-order valence-electron chi connectivity index (χ4n) is 4.54. The molecule has 0 saturated carbocycles. The molecule has 0 fully saturated rings. The molecule has 0 unspecified atom stereocenters. The first-order valence-electron chi connectivity index (χ1n) is 14.2. The summed E-state index contributed by atoms with van der Waals surface area (Å²) in [6.45, 7) is 8.38. The molecule has 6 heteroatoms. The largest absolute Gasteiger partial charge is 0.391 e. The van der Waals surface area contributed by atoms with Gasteiger partial charge in [0, 0.05) is 0 Å². The van der Waals surface area contributed by atoms with Gasteiger partial charge >= 0.3 is 0 Å². The van der Waals surface area contributed by atoms with Crippen LogP contribution in [0.1, 0.15) is 142 Å². The van der Waals surface area contributed by atoms with E-state index in [-0.39, 0.29) is 0 Å². The average Bonchev–Trinajstić information content (AvgIpc) is 2.76. The summed E-state index contributed by atoms with van der Waals surface area (Å²) in [6.07, 6.45) is 28.2. The van der Waals surface area contributed by atoms with Crippen molar-refractivity contribution >= 4 is 0 Å². The summed E-state index contributed by atoms with van der Waals surface area (Å²) in [7, 11) is 2.37. The van der Waals surface area contributed by atoms with Crippen LogP contribution in [0, 0.1) is 15.3 Å². The molecule has 0 spiro atoms. The highest BCUT2D eigenvalue weighted by Crippen LogP contribution is 2.15. The van der Waals surface area contributed by atoms with Crippen LogP contribution in [0.2, 0.25) is 0 Å². The van der Waals surface area contributed by atoms with Gasteiger partial charge in [-0.15, -0.1) is 0 Å². The Morgan fingerprint density at radius 3 is 1.03 bits per heavy atom. The van der Waals surface area contributed by atoms with E-state index >= 15 is 0 Å². The van der Waals surface area contributed by atoms with Gasteiger partial charge in [-0.1, -0.05) is 117 Å². The molecule has 0 radical (unpaired) electrons. The molecule has 200 valence electrons. The SMILES string of the molecule is CCCCCCCCCCCC[N+](C)(CCO)CCCCCCCCCCCC.O=[N+]([O-])[O-]. The Balaban J connectivity index is 0. The lowest BCUT2D eigenvalue weighted by Gasteiger charge is -2.34. The molecule has 0 aromatic rings. The van der Waals surface area contributed by atoms with Crippen molar-refractivity contribution < 1.29 is 14.7 Å². The van der Waals surface area contributed by atoms with Crippen LogP contribution in [-0.4, -0.2) is 48.0 Å². The Hall–Kier alpha value is -0.880. The maximum Gasteiger partial charge on any atom is 0.102 e. The van der Waals surface area contributed by atoms with Crippen molar-refractivity contribution in [2.24, 2.45) is 0 Å². The van der Waals surface area contributed by atoms with Crippen LogP contribution in [-0.2, 0) is 0 Å². The molecule has 0 aliphatic heterocycles. The molecule has 0 rings (SSSR count). The number of rotatable bonds is 24.